The maximum atomic E-state index is 12.3. The number of esters is 1. The predicted molar refractivity (Wildman–Crippen MR) is 124 cm³/mol. The first-order chi connectivity index (χ1) is 14.8. The molecule has 0 radical (unpaired) electrons. The predicted octanol–water partition coefficient (Wildman–Crippen LogP) is 6.48. The lowest BCUT2D eigenvalue weighted by molar-refractivity contribution is -0.223. The van der Waals surface area contributed by atoms with Gasteiger partial charge in [0, 0.05) is 12.5 Å². The molecule has 32 heavy (non-hydrogen) atoms. The highest BCUT2D eigenvalue weighted by molar-refractivity contribution is 5.66. The third-order valence-electron chi connectivity index (χ3n) is 11.0. The first-order valence-corrected chi connectivity index (χ1v) is 12.8. The Labute approximate surface area is 193 Å². The molecule has 1 N–H and O–H groups in total. The van der Waals surface area contributed by atoms with Gasteiger partial charge in [-0.15, -0.1) is 0 Å². The molecule has 1 heterocycles. The number of rotatable bonds is 1. The second-order valence-electron chi connectivity index (χ2n) is 13.1. The molecule has 3 fully saturated rings. The highest BCUT2D eigenvalue weighted by Gasteiger charge is 2.69. The Kier molecular flexibility index (Phi) is 4.83. The fourth-order valence-corrected chi connectivity index (χ4v) is 9.75. The molecule has 1 aromatic heterocycles. The molecule has 0 saturated heterocycles. The van der Waals surface area contributed by atoms with E-state index in [4.69, 9.17) is 9.15 Å². The summed E-state index contributed by atoms with van der Waals surface area (Å²) in [7, 11) is 0. The Morgan fingerprint density at radius 2 is 1.72 bits per heavy atom. The van der Waals surface area contributed by atoms with Crippen LogP contribution in [0.3, 0.4) is 0 Å². The molecule has 4 heteroatoms. The van der Waals surface area contributed by atoms with Crippen LogP contribution in [-0.2, 0) is 14.9 Å². The number of hydrogen-bond donors (Lipinski definition) is 1. The second-order valence-corrected chi connectivity index (χ2v) is 13.1. The van der Waals surface area contributed by atoms with Crippen molar-refractivity contribution in [1.29, 1.82) is 0 Å². The van der Waals surface area contributed by atoms with Gasteiger partial charge in [0.15, 0.2) is 0 Å². The van der Waals surface area contributed by atoms with Crippen LogP contribution < -0.4 is 0 Å². The summed E-state index contributed by atoms with van der Waals surface area (Å²) in [5.41, 5.74) is 1.16. The van der Waals surface area contributed by atoms with Crippen molar-refractivity contribution in [3.05, 3.63) is 23.2 Å². The molecule has 4 nitrogen and oxygen atoms in total. The number of furan rings is 1. The third-order valence-corrected chi connectivity index (χ3v) is 11.0. The van der Waals surface area contributed by atoms with Crippen molar-refractivity contribution >= 4 is 5.97 Å². The number of aliphatic hydroxyl groups excluding tert-OH is 1. The maximum Gasteiger partial charge on any atom is 0.302 e. The molecule has 4 aliphatic carbocycles. The maximum absolute atomic E-state index is 12.3. The highest BCUT2D eigenvalue weighted by atomic mass is 16.5. The molecule has 1 unspecified atom stereocenters. The number of fused-ring (bicyclic) bond motifs is 7. The van der Waals surface area contributed by atoms with Crippen LogP contribution in [0, 0.1) is 40.9 Å². The smallest absolute Gasteiger partial charge is 0.302 e. The summed E-state index contributed by atoms with van der Waals surface area (Å²) in [6.45, 7) is 15.7. The summed E-state index contributed by atoms with van der Waals surface area (Å²) in [5.74, 6) is 2.86. The molecule has 0 bridgehead atoms. The third kappa shape index (κ3) is 2.80. The number of carbonyl (C=O) groups is 1. The van der Waals surface area contributed by atoms with E-state index in [1.54, 1.807) is 0 Å². The Balaban J connectivity index is 1.67. The normalized spacial score (nSPS) is 46.9. The van der Waals surface area contributed by atoms with E-state index >= 15 is 0 Å². The molecular formula is C28H42O4. The van der Waals surface area contributed by atoms with Gasteiger partial charge in [0.2, 0.25) is 0 Å². The van der Waals surface area contributed by atoms with Gasteiger partial charge in [-0.05, 0) is 92.4 Å². The average Bonchev–Trinajstić information content (AvgIpc) is 3.08. The van der Waals surface area contributed by atoms with E-state index in [2.05, 4.69) is 34.6 Å². The fraction of sp³-hybridized carbons (Fsp3) is 0.821. The van der Waals surface area contributed by atoms with Crippen LogP contribution in [0.4, 0.5) is 0 Å². The van der Waals surface area contributed by atoms with Crippen LogP contribution in [0.2, 0.25) is 0 Å². The fourth-order valence-electron chi connectivity index (χ4n) is 9.75. The largest absolute Gasteiger partial charge is 0.465 e. The molecular weight excluding hydrogens is 400 g/mol. The quantitative estimate of drug-likeness (QED) is 0.505. The van der Waals surface area contributed by atoms with E-state index in [1.807, 2.05) is 13.0 Å². The van der Waals surface area contributed by atoms with Gasteiger partial charge in [-0.25, -0.2) is 0 Å². The van der Waals surface area contributed by atoms with E-state index in [9.17, 15) is 9.90 Å². The zero-order chi connectivity index (χ0) is 23.3. The molecule has 0 aromatic carbocycles. The lowest BCUT2D eigenvalue weighted by Gasteiger charge is -2.69. The van der Waals surface area contributed by atoms with E-state index in [0.717, 1.165) is 29.9 Å². The minimum absolute atomic E-state index is 0.0867. The van der Waals surface area contributed by atoms with Gasteiger partial charge in [0.25, 0.3) is 0 Å². The van der Waals surface area contributed by atoms with E-state index in [0.29, 0.717) is 17.3 Å². The van der Waals surface area contributed by atoms with E-state index in [-0.39, 0.29) is 28.8 Å². The number of aryl methyl sites for hydroxylation is 1. The van der Waals surface area contributed by atoms with Crippen molar-refractivity contribution in [2.45, 2.75) is 111 Å². The minimum atomic E-state index is -0.512. The van der Waals surface area contributed by atoms with Gasteiger partial charge >= 0.3 is 5.97 Å². The van der Waals surface area contributed by atoms with Crippen LogP contribution in [0.5, 0.6) is 0 Å². The van der Waals surface area contributed by atoms with Crippen molar-refractivity contribution in [2.24, 2.45) is 34.0 Å². The monoisotopic (exact) mass is 442 g/mol. The van der Waals surface area contributed by atoms with Gasteiger partial charge in [-0.3, -0.25) is 4.79 Å². The lowest BCUT2D eigenvalue weighted by Crippen LogP contribution is -2.67. The summed E-state index contributed by atoms with van der Waals surface area (Å²) in [5, 5.41) is 11.2. The number of hydrogen-bond acceptors (Lipinski definition) is 4. The SMILES string of the molecule is CC(=O)OC1C[C@@H]2[C@@]3(C)CCCC(C)(C)[C@@H]3CC[C@@]2(C)[C@@H]2C[C@H](O)c3cc(C)oc3[C@@]12C. The van der Waals surface area contributed by atoms with Crippen LogP contribution >= 0.6 is 0 Å². The molecule has 0 aliphatic heterocycles. The van der Waals surface area contributed by atoms with Crippen molar-refractivity contribution in [3.8, 4) is 0 Å². The standard InChI is InChI=1S/C28H42O4/c1-16-13-18-19(30)14-22-27(6)12-9-20-25(3,4)10-8-11-26(20,5)21(27)15-23(32-17(2)29)28(22,7)24(18)31-16/h13,19-23,30H,8-12,14-15H2,1-7H3/t19-,20-,21+,22-,23?,26-,27+,28+/m0/s1. The Bertz CT molecular complexity index is 930. The lowest BCUT2D eigenvalue weighted by atomic mass is 9.35. The summed E-state index contributed by atoms with van der Waals surface area (Å²) in [4.78, 5) is 12.3. The summed E-state index contributed by atoms with van der Waals surface area (Å²) < 4.78 is 12.5. The van der Waals surface area contributed by atoms with Crippen LogP contribution in [-0.4, -0.2) is 17.2 Å². The minimum Gasteiger partial charge on any atom is -0.465 e. The van der Waals surface area contributed by atoms with Crippen molar-refractivity contribution in [2.75, 3.05) is 0 Å². The highest BCUT2D eigenvalue weighted by Crippen LogP contribution is 2.73. The van der Waals surface area contributed by atoms with E-state index < -0.39 is 11.5 Å². The first-order valence-electron chi connectivity index (χ1n) is 12.8. The molecule has 3 saturated carbocycles. The Morgan fingerprint density at radius 1 is 1.03 bits per heavy atom. The van der Waals surface area contributed by atoms with Crippen LogP contribution in [0.15, 0.2) is 10.5 Å². The molecule has 0 spiro atoms. The zero-order valence-corrected chi connectivity index (χ0v) is 21.1. The van der Waals surface area contributed by atoms with Gasteiger partial charge < -0.3 is 14.3 Å². The summed E-state index contributed by atoms with van der Waals surface area (Å²) in [6.07, 6.45) is 7.14. The summed E-state index contributed by atoms with van der Waals surface area (Å²) >= 11 is 0. The molecule has 1 aromatic rings. The number of carbonyl (C=O) groups excluding carboxylic acids is 1. The summed E-state index contributed by atoms with van der Waals surface area (Å²) in [6, 6.07) is 1.99. The van der Waals surface area contributed by atoms with Crippen LogP contribution in [0.25, 0.3) is 0 Å². The molecule has 4 aliphatic rings. The first kappa shape index (κ1) is 22.5. The topological polar surface area (TPSA) is 59.7 Å². The van der Waals surface area contributed by atoms with Gasteiger partial charge in [0.1, 0.15) is 17.6 Å². The molecule has 5 rings (SSSR count). The molecule has 8 atom stereocenters. The average molecular weight is 443 g/mol. The molecule has 0 amide bonds. The van der Waals surface area contributed by atoms with Crippen molar-refractivity contribution in [1.82, 2.24) is 0 Å². The Hall–Kier alpha value is -1.29. The van der Waals surface area contributed by atoms with Gasteiger partial charge in [0.05, 0.1) is 11.5 Å². The van der Waals surface area contributed by atoms with Gasteiger partial charge in [-0.2, -0.15) is 0 Å². The zero-order valence-electron chi connectivity index (χ0n) is 21.1. The second kappa shape index (κ2) is 6.87. The van der Waals surface area contributed by atoms with Crippen molar-refractivity contribution < 1.29 is 19.1 Å². The number of aliphatic hydroxyl groups is 1. The number of ether oxygens (including phenoxy) is 1. The molecule has 178 valence electrons. The Morgan fingerprint density at radius 3 is 2.41 bits per heavy atom. The van der Waals surface area contributed by atoms with Crippen molar-refractivity contribution in [3.63, 3.8) is 0 Å². The van der Waals surface area contributed by atoms with Crippen LogP contribution in [0.1, 0.15) is 110 Å². The van der Waals surface area contributed by atoms with Gasteiger partial charge in [-0.1, -0.05) is 34.1 Å². The van der Waals surface area contributed by atoms with E-state index in [1.165, 1.54) is 39.0 Å².